The number of benzene rings is 2. The number of ether oxygens (including phenoxy) is 2. The van der Waals surface area contributed by atoms with Gasteiger partial charge in [-0.15, -0.1) is 0 Å². The van der Waals surface area contributed by atoms with Crippen molar-refractivity contribution in [2.75, 3.05) is 22.7 Å². The van der Waals surface area contributed by atoms with E-state index < -0.39 is 0 Å². The summed E-state index contributed by atoms with van der Waals surface area (Å²) < 4.78 is 10.6. The molecule has 8 heteroatoms. The molecule has 8 nitrogen and oxygen atoms in total. The molecule has 0 radical (unpaired) electrons. The molecule has 2 amide bonds. The van der Waals surface area contributed by atoms with Crippen molar-refractivity contribution in [1.82, 2.24) is 4.98 Å². The maximum atomic E-state index is 12.4. The number of pyridine rings is 1. The number of rotatable bonds is 5. The fourth-order valence-electron chi connectivity index (χ4n) is 2.82. The summed E-state index contributed by atoms with van der Waals surface area (Å²) in [6, 6.07) is 15.9. The van der Waals surface area contributed by atoms with E-state index in [4.69, 9.17) is 9.47 Å². The monoisotopic (exact) mass is 390 g/mol. The smallest absolute Gasteiger partial charge is 0.274 e. The summed E-state index contributed by atoms with van der Waals surface area (Å²) in [5.41, 5.74) is 3.06. The molecule has 29 heavy (non-hydrogen) atoms. The van der Waals surface area contributed by atoms with Crippen molar-refractivity contribution in [1.29, 1.82) is 0 Å². The highest BCUT2D eigenvalue weighted by molar-refractivity contribution is 6.03. The van der Waals surface area contributed by atoms with Gasteiger partial charge in [0.2, 0.25) is 12.7 Å². The fourth-order valence-corrected chi connectivity index (χ4v) is 2.82. The van der Waals surface area contributed by atoms with E-state index >= 15 is 0 Å². The van der Waals surface area contributed by atoms with Gasteiger partial charge in [-0.05, 0) is 42.5 Å². The van der Waals surface area contributed by atoms with Gasteiger partial charge in [0, 0.05) is 30.1 Å². The number of carbonyl (C=O) groups excluding carboxylic acids is 2. The molecule has 3 aromatic rings. The summed E-state index contributed by atoms with van der Waals surface area (Å²) in [5, 5.41) is 8.70. The number of amides is 2. The molecule has 0 atom stereocenters. The Morgan fingerprint density at radius 3 is 2.41 bits per heavy atom. The predicted octanol–water partition coefficient (Wildman–Crippen LogP) is 3.76. The molecular formula is C21H18N4O4. The van der Waals surface area contributed by atoms with Crippen LogP contribution in [0.15, 0.2) is 60.8 Å². The molecule has 0 aliphatic carbocycles. The van der Waals surface area contributed by atoms with Gasteiger partial charge in [-0.25, -0.2) is 4.98 Å². The summed E-state index contributed by atoms with van der Waals surface area (Å²) in [4.78, 5) is 27.8. The van der Waals surface area contributed by atoms with Crippen molar-refractivity contribution in [2.45, 2.75) is 6.92 Å². The van der Waals surface area contributed by atoms with Crippen LogP contribution < -0.4 is 25.4 Å². The van der Waals surface area contributed by atoms with Gasteiger partial charge in [-0.3, -0.25) is 9.59 Å². The number of hydrogen-bond donors (Lipinski definition) is 3. The van der Waals surface area contributed by atoms with Crippen molar-refractivity contribution in [3.63, 3.8) is 0 Å². The molecule has 0 fully saturated rings. The van der Waals surface area contributed by atoms with E-state index in [1.807, 2.05) is 18.2 Å². The lowest BCUT2D eigenvalue weighted by atomic mass is 10.2. The van der Waals surface area contributed by atoms with Crippen LogP contribution in [0.25, 0.3) is 0 Å². The van der Waals surface area contributed by atoms with Crippen LogP contribution in [0.3, 0.4) is 0 Å². The van der Waals surface area contributed by atoms with Crippen LogP contribution >= 0.6 is 0 Å². The normalized spacial score (nSPS) is 11.6. The predicted molar refractivity (Wildman–Crippen MR) is 109 cm³/mol. The summed E-state index contributed by atoms with van der Waals surface area (Å²) >= 11 is 0. The van der Waals surface area contributed by atoms with E-state index in [0.29, 0.717) is 28.6 Å². The molecule has 1 aromatic heterocycles. The molecule has 0 saturated carbocycles. The van der Waals surface area contributed by atoms with E-state index in [1.54, 1.807) is 42.6 Å². The third-order valence-electron chi connectivity index (χ3n) is 4.10. The standard InChI is InChI=1S/C21H18N4O4/c1-13(26)23-14-3-2-4-15(9-14)24-17-5-7-18(22-11-17)21(27)25-16-6-8-19-20(10-16)29-12-28-19/h2-11,24H,12H2,1H3,(H,23,26)(H,25,27). The quantitative estimate of drug-likeness (QED) is 0.613. The molecule has 4 rings (SSSR count). The molecule has 3 N–H and O–H groups in total. The van der Waals surface area contributed by atoms with E-state index in [1.165, 1.54) is 6.92 Å². The molecule has 0 unspecified atom stereocenters. The molecule has 0 saturated heterocycles. The summed E-state index contributed by atoms with van der Waals surface area (Å²) in [7, 11) is 0. The first-order valence-corrected chi connectivity index (χ1v) is 8.88. The maximum Gasteiger partial charge on any atom is 0.274 e. The van der Waals surface area contributed by atoms with Crippen molar-refractivity contribution in [3.8, 4) is 11.5 Å². The van der Waals surface area contributed by atoms with Crippen LogP contribution in [0.2, 0.25) is 0 Å². The van der Waals surface area contributed by atoms with Gasteiger partial charge in [0.1, 0.15) is 5.69 Å². The topological polar surface area (TPSA) is 102 Å². The lowest BCUT2D eigenvalue weighted by molar-refractivity contribution is -0.114. The number of anilines is 4. The number of nitrogens with one attached hydrogen (secondary N) is 3. The minimum atomic E-state index is -0.330. The number of nitrogens with zero attached hydrogens (tertiary/aromatic N) is 1. The number of hydrogen-bond acceptors (Lipinski definition) is 6. The van der Waals surface area contributed by atoms with Gasteiger partial charge in [-0.1, -0.05) is 6.07 Å². The SMILES string of the molecule is CC(=O)Nc1cccc(Nc2ccc(C(=O)Nc3ccc4c(c3)OCO4)nc2)c1. The third kappa shape index (κ3) is 4.44. The highest BCUT2D eigenvalue weighted by Crippen LogP contribution is 2.34. The van der Waals surface area contributed by atoms with E-state index in [2.05, 4.69) is 20.9 Å². The van der Waals surface area contributed by atoms with E-state index in [9.17, 15) is 9.59 Å². The first kappa shape index (κ1) is 18.3. The first-order chi connectivity index (χ1) is 14.1. The Morgan fingerprint density at radius 1 is 0.862 bits per heavy atom. The van der Waals surface area contributed by atoms with E-state index in [0.717, 1.165) is 5.69 Å². The Hall–Kier alpha value is -4.07. The molecule has 2 aromatic carbocycles. The Bertz CT molecular complexity index is 1070. The zero-order valence-electron chi connectivity index (χ0n) is 15.6. The summed E-state index contributed by atoms with van der Waals surface area (Å²) in [6.07, 6.45) is 1.57. The molecule has 2 heterocycles. The van der Waals surface area contributed by atoms with Crippen LogP contribution in [0.1, 0.15) is 17.4 Å². The van der Waals surface area contributed by atoms with Crippen LogP contribution in [0, 0.1) is 0 Å². The van der Waals surface area contributed by atoms with Gasteiger partial charge in [-0.2, -0.15) is 0 Å². The molecule has 0 spiro atoms. The third-order valence-corrected chi connectivity index (χ3v) is 4.10. The minimum absolute atomic E-state index is 0.137. The minimum Gasteiger partial charge on any atom is -0.454 e. The van der Waals surface area contributed by atoms with Crippen molar-refractivity contribution in [3.05, 3.63) is 66.5 Å². The average Bonchev–Trinajstić information content (AvgIpc) is 3.16. The van der Waals surface area contributed by atoms with Crippen molar-refractivity contribution < 1.29 is 19.1 Å². The van der Waals surface area contributed by atoms with Crippen LogP contribution in [0.5, 0.6) is 11.5 Å². The molecular weight excluding hydrogens is 372 g/mol. The highest BCUT2D eigenvalue weighted by Gasteiger charge is 2.15. The van der Waals surface area contributed by atoms with Gasteiger partial charge in [0.15, 0.2) is 11.5 Å². The Balaban J connectivity index is 1.41. The lowest BCUT2D eigenvalue weighted by Crippen LogP contribution is -2.13. The van der Waals surface area contributed by atoms with Crippen LogP contribution in [-0.2, 0) is 4.79 Å². The second kappa shape index (κ2) is 7.89. The van der Waals surface area contributed by atoms with Gasteiger partial charge in [0.05, 0.1) is 11.9 Å². The molecule has 1 aliphatic heterocycles. The number of aromatic nitrogens is 1. The largest absolute Gasteiger partial charge is 0.454 e. The second-order valence-electron chi connectivity index (χ2n) is 6.34. The first-order valence-electron chi connectivity index (χ1n) is 8.88. The zero-order chi connectivity index (χ0) is 20.2. The summed E-state index contributed by atoms with van der Waals surface area (Å²) in [5.74, 6) is 0.778. The van der Waals surface area contributed by atoms with Gasteiger partial charge < -0.3 is 25.4 Å². The van der Waals surface area contributed by atoms with Crippen LogP contribution in [0.4, 0.5) is 22.7 Å². The number of fused-ring (bicyclic) bond motifs is 1. The maximum absolute atomic E-state index is 12.4. The fraction of sp³-hybridized carbons (Fsp3) is 0.0952. The number of carbonyl (C=O) groups is 2. The Labute approximate surface area is 166 Å². The summed E-state index contributed by atoms with van der Waals surface area (Å²) in [6.45, 7) is 1.63. The second-order valence-corrected chi connectivity index (χ2v) is 6.34. The Morgan fingerprint density at radius 2 is 1.62 bits per heavy atom. The molecule has 146 valence electrons. The van der Waals surface area contributed by atoms with Gasteiger partial charge >= 0.3 is 0 Å². The van der Waals surface area contributed by atoms with Crippen molar-refractivity contribution in [2.24, 2.45) is 0 Å². The van der Waals surface area contributed by atoms with E-state index in [-0.39, 0.29) is 24.3 Å². The zero-order valence-corrected chi connectivity index (χ0v) is 15.6. The molecule has 1 aliphatic rings. The average molecular weight is 390 g/mol. The van der Waals surface area contributed by atoms with Crippen molar-refractivity contribution >= 4 is 34.6 Å². The highest BCUT2D eigenvalue weighted by atomic mass is 16.7. The van der Waals surface area contributed by atoms with Gasteiger partial charge in [0.25, 0.3) is 5.91 Å². The lowest BCUT2D eigenvalue weighted by Gasteiger charge is -2.09. The Kier molecular flexibility index (Phi) is 4.98. The van der Waals surface area contributed by atoms with Crippen LogP contribution in [-0.4, -0.2) is 23.6 Å². The molecule has 0 bridgehead atoms.